The third-order valence-corrected chi connectivity index (χ3v) is 5.00. The quantitative estimate of drug-likeness (QED) is 0.791. The number of piperidine rings is 1. The monoisotopic (exact) mass is 316 g/mol. The lowest BCUT2D eigenvalue weighted by Crippen LogP contribution is -2.35. The highest BCUT2D eigenvalue weighted by Gasteiger charge is 2.42. The summed E-state index contributed by atoms with van der Waals surface area (Å²) >= 11 is 1.44. The van der Waals surface area contributed by atoms with Crippen molar-refractivity contribution in [2.45, 2.75) is 37.1 Å². The number of thiazole rings is 1. The summed E-state index contributed by atoms with van der Waals surface area (Å²) < 4.78 is 26.2. The van der Waals surface area contributed by atoms with E-state index in [4.69, 9.17) is 0 Å². The molecule has 0 aromatic carbocycles. The van der Waals surface area contributed by atoms with Gasteiger partial charge in [-0.25, -0.2) is 13.8 Å². The lowest BCUT2D eigenvalue weighted by atomic mass is 9.97. The molecular formula is C13H18F2N4OS. The van der Waals surface area contributed by atoms with E-state index in [1.54, 1.807) is 6.20 Å². The maximum Gasteiger partial charge on any atom is 0.262 e. The summed E-state index contributed by atoms with van der Waals surface area (Å²) in [4.78, 5) is 17.3. The van der Waals surface area contributed by atoms with Crippen molar-refractivity contribution >= 4 is 22.4 Å². The van der Waals surface area contributed by atoms with Crippen molar-refractivity contribution in [1.82, 2.24) is 15.6 Å². The molecule has 2 aliphatic rings. The first-order chi connectivity index (χ1) is 10.0. The number of hydrogen-bond donors (Lipinski definition) is 3. The number of amides is 1. The van der Waals surface area contributed by atoms with Crippen LogP contribution in [0, 0.1) is 0 Å². The van der Waals surface area contributed by atoms with Crippen LogP contribution in [0.15, 0.2) is 6.20 Å². The van der Waals surface area contributed by atoms with Crippen molar-refractivity contribution in [2.75, 3.05) is 25.0 Å². The number of carbonyl (C=O) groups is 1. The van der Waals surface area contributed by atoms with Gasteiger partial charge in [0.25, 0.3) is 5.92 Å². The lowest BCUT2D eigenvalue weighted by molar-refractivity contribution is -0.118. The van der Waals surface area contributed by atoms with Gasteiger partial charge in [-0.2, -0.15) is 0 Å². The minimum atomic E-state index is -2.80. The van der Waals surface area contributed by atoms with Crippen LogP contribution in [-0.4, -0.2) is 42.5 Å². The van der Waals surface area contributed by atoms with Gasteiger partial charge in [0.05, 0.1) is 12.6 Å². The average Bonchev–Trinajstić information content (AvgIpc) is 3.06. The summed E-state index contributed by atoms with van der Waals surface area (Å²) in [5, 5.41) is 8.98. The van der Waals surface area contributed by atoms with Gasteiger partial charge >= 0.3 is 0 Å². The first-order valence-electron chi connectivity index (χ1n) is 7.12. The Kier molecular flexibility index (Phi) is 4.19. The fourth-order valence-corrected chi connectivity index (χ4v) is 3.72. The number of halogens is 2. The van der Waals surface area contributed by atoms with Gasteiger partial charge in [-0.05, 0) is 31.8 Å². The number of aromatic nitrogens is 1. The van der Waals surface area contributed by atoms with Crippen LogP contribution in [0.5, 0.6) is 0 Å². The van der Waals surface area contributed by atoms with E-state index in [0.29, 0.717) is 11.0 Å². The van der Waals surface area contributed by atoms with E-state index in [2.05, 4.69) is 20.9 Å². The highest BCUT2D eigenvalue weighted by atomic mass is 32.1. The summed E-state index contributed by atoms with van der Waals surface area (Å²) in [6.07, 6.45) is 3.45. The minimum absolute atomic E-state index is 0.432. The molecule has 5 nitrogen and oxygen atoms in total. The number of carbonyl (C=O) groups excluding carboxylic acids is 1. The zero-order valence-electron chi connectivity index (χ0n) is 11.5. The number of anilines is 1. The number of alkyl halides is 2. The Balaban J connectivity index is 1.58. The van der Waals surface area contributed by atoms with Gasteiger partial charge in [0.2, 0.25) is 5.91 Å². The van der Waals surface area contributed by atoms with Crippen molar-refractivity contribution < 1.29 is 13.6 Å². The predicted octanol–water partition coefficient (Wildman–Crippen LogP) is 1.55. The fourth-order valence-electron chi connectivity index (χ4n) is 2.73. The van der Waals surface area contributed by atoms with Crippen LogP contribution in [0.3, 0.4) is 0 Å². The zero-order chi connectivity index (χ0) is 14.9. The Labute approximate surface area is 125 Å². The molecule has 0 aliphatic carbocycles. The fraction of sp³-hybridized carbons (Fsp3) is 0.692. The van der Waals surface area contributed by atoms with Crippen LogP contribution in [0.1, 0.15) is 30.1 Å². The molecule has 2 fully saturated rings. The zero-order valence-corrected chi connectivity index (χ0v) is 12.3. The molecule has 8 heteroatoms. The topological polar surface area (TPSA) is 66.0 Å². The molecular weight excluding hydrogens is 298 g/mol. The molecule has 2 saturated heterocycles. The van der Waals surface area contributed by atoms with Gasteiger partial charge in [0, 0.05) is 17.5 Å². The smallest absolute Gasteiger partial charge is 0.262 e. The summed E-state index contributed by atoms with van der Waals surface area (Å²) in [5.74, 6) is -2.76. The summed E-state index contributed by atoms with van der Waals surface area (Å²) in [5.41, 5.74) is 0. The maximum absolute atomic E-state index is 13.1. The first-order valence-corrected chi connectivity index (χ1v) is 7.94. The van der Waals surface area contributed by atoms with Gasteiger partial charge in [0.15, 0.2) is 5.13 Å². The normalized spacial score (nSPS) is 25.9. The third kappa shape index (κ3) is 3.56. The Hall–Kier alpha value is -1.12. The molecule has 116 valence electrons. The molecule has 21 heavy (non-hydrogen) atoms. The van der Waals surface area contributed by atoms with E-state index in [1.165, 1.54) is 11.3 Å². The Morgan fingerprint density at radius 1 is 1.43 bits per heavy atom. The van der Waals surface area contributed by atoms with Crippen LogP contribution in [0.4, 0.5) is 13.9 Å². The molecule has 0 spiro atoms. The van der Waals surface area contributed by atoms with E-state index in [0.717, 1.165) is 30.8 Å². The van der Waals surface area contributed by atoms with E-state index < -0.39 is 30.8 Å². The van der Waals surface area contributed by atoms with Crippen LogP contribution >= 0.6 is 11.3 Å². The van der Waals surface area contributed by atoms with Crippen molar-refractivity contribution in [2.24, 2.45) is 0 Å². The second-order valence-electron chi connectivity index (χ2n) is 5.57. The molecule has 1 unspecified atom stereocenters. The largest absolute Gasteiger partial charge is 0.317 e. The average molecular weight is 316 g/mol. The van der Waals surface area contributed by atoms with E-state index >= 15 is 0 Å². The summed E-state index contributed by atoms with van der Waals surface area (Å²) in [6, 6.07) is -0.841. The van der Waals surface area contributed by atoms with Gasteiger partial charge in [0.1, 0.15) is 0 Å². The van der Waals surface area contributed by atoms with Gasteiger partial charge < -0.3 is 10.6 Å². The molecule has 2 aliphatic heterocycles. The molecule has 1 atom stereocenters. The molecule has 1 aromatic rings. The van der Waals surface area contributed by atoms with E-state index in [9.17, 15) is 13.6 Å². The molecule has 3 rings (SSSR count). The van der Waals surface area contributed by atoms with Crippen molar-refractivity contribution in [3.8, 4) is 0 Å². The number of nitrogens with one attached hydrogen (secondary N) is 3. The number of nitrogens with zero attached hydrogens (tertiary/aromatic N) is 1. The Bertz CT molecular complexity index is 516. The van der Waals surface area contributed by atoms with Gasteiger partial charge in [-0.3, -0.25) is 10.1 Å². The second-order valence-corrected chi connectivity index (χ2v) is 6.64. The maximum atomic E-state index is 13.1. The van der Waals surface area contributed by atoms with Crippen molar-refractivity contribution in [3.05, 3.63) is 11.1 Å². The van der Waals surface area contributed by atoms with Gasteiger partial charge in [-0.1, -0.05) is 0 Å². The lowest BCUT2D eigenvalue weighted by Gasteiger charge is -2.20. The van der Waals surface area contributed by atoms with Crippen LogP contribution in [0.25, 0.3) is 0 Å². The minimum Gasteiger partial charge on any atom is -0.317 e. The van der Waals surface area contributed by atoms with Crippen molar-refractivity contribution in [1.29, 1.82) is 0 Å². The van der Waals surface area contributed by atoms with Crippen LogP contribution in [-0.2, 0) is 4.79 Å². The SMILES string of the molecule is O=C(Nc1ncc(C2CCNCC2)s1)C1CC(F)(F)CN1. The van der Waals surface area contributed by atoms with Crippen molar-refractivity contribution in [3.63, 3.8) is 0 Å². The number of rotatable bonds is 3. The standard InChI is InChI=1S/C13H18F2N4OS/c14-13(15)5-9(18-7-13)11(20)19-12-17-6-10(21-12)8-1-3-16-4-2-8/h6,8-9,16,18H,1-5,7H2,(H,17,19,20). The molecule has 0 saturated carbocycles. The first kappa shape index (κ1) is 14.8. The van der Waals surface area contributed by atoms with Crippen LogP contribution in [0.2, 0.25) is 0 Å². The molecule has 3 N–H and O–H groups in total. The molecule has 1 amide bonds. The Morgan fingerprint density at radius 3 is 2.86 bits per heavy atom. The third-order valence-electron chi connectivity index (χ3n) is 3.92. The molecule has 0 radical (unpaired) electrons. The highest BCUT2D eigenvalue weighted by molar-refractivity contribution is 7.15. The highest BCUT2D eigenvalue weighted by Crippen LogP contribution is 2.32. The predicted molar refractivity (Wildman–Crippen MR) is 76.9 cm³/mol. The van der Waals surface area contributed by atoms with Crippen LogP contribution < -0.4 is 16.0 Å². The molecule has 1 aromatic heterocycles. The van der Waals surface area contributed by atoms with E-state index in [1.807, 2.05) is 0 Å². The van der Waals surface area contributed by atoms with Gasteiger partial charge in [-0.15, -0.1) is 11.3 Å². The number of hydrogen-bond acceptors (Lipinski definition) is 5. The van der Waals surface area contributed by atoms with E-state index in [-0.39, 0.29) is 0 Å². The second kappa shape index (κ2) is 5.94. The summed E-state index contributed by atoms with van der Waals surface area (Å²) in [6.45, 7) is 1.54. The molecule has 0 bridgehead atoms. The Morgan fingerprint density at radius 2 is 2.19 bits per heavy atom. The molecule has 3 heterocycles. The summed E-state index contributed by atoms with van der Waals surface area (Å²) in [7, 11) is 0.